The van der Waals surface area contributed by atoms with Gasteiger partial charge in [0.2, 0.25) is 0 Å². The van der Waals surface area contributed by atoms with E-state index in [2.05, 4.69) is 14.9 Å². The smallest absolute Gasteiger partial charge is 0.267 e. The first kappa shape index (κ1) is 17.2. The molecule has 0 amide bonds. The molecule has 2 fully saturated rings. The molecule has 1 saturated heterocycles. The molecule has 0 bridgehead atoms. The summed E-state index contributed by atoms with van der Waals surface area (Å²) in [6, 6.07) is 2.67. The highest BCUT2D eigenvalue weighted by atomic mass is 16.1. The second kappa shape index (κ2) is 8.00. The van der Waals surface area contributed by atoms with E-state index in [1.54, 1.807) is 4.68 Å². The molecule has 0 atom stereocenters. The van der Waals surface area contributed by atoms with Crippen LogP contribution in [0.5, 0.6) is 0 Å². The quantitative estimate of drug-likeness (QED) is 0.838. The van der Waals surface area contributed by atoms with Crippen LogP contribution in [-0.4, -0.2) is 58.3 Å². The lowest BCUT2D eigenvalue weighted by molar-refractivity contribution is 0.0765. The Labute approximate surface area is 151 Å². The molecule has 4 rings (SSSR count). The average Bonchev–Trinajstić information content (AvgIpc) is 2.67. The maximum Gasteiger partial charge on any atom is 0.267 e. The second-order valence-corrected chi connectivity index (χ2v) is 8.05. The zero-order valence-electron chi connectivity index (χ0n) is 15.5. The molecular formula is C20H32N4O. The Morgan fingerprint density at radius 1 is 0.920 bits per heavy atom. The van der Waals surface area contributed by atoms with Crippen LogP contribution in [0.25, 0.3) is 0 Å². The average molecular weight is 345 g/mol. The maximum absolute atomic E-state index is 12.3. The fourth-order valence-corrected chi connectivity index (χ4v) is 4.80. The van der Waals surface area contributed by atoms with Crippen molar-refractivity contribution in [2.75, 3.05) is 32.7 Å². The maximum atomic E-state index is 12.3. The van der Waals surface area contributed by atoms with Gasteiger partial charge >= 0.3 is 0 Å². The molecule has 0 unspecified atom stereocenters. The van der Waals surface area contributed by atoms with E-state index in [-0.39, 0.29) is 5.56 Å². The van der Waals surface area contributed by atoms with E-state index in [0.717, 1.165) is 50.8 Å². The summed E-state index contributed by atoms with van der Waals surface area (Å²) >= 11 is 0. The van der Waals surface area contributed by atoms with Crippen LogP contribution < -0.4 is 5.56 Å². The fourth-order valence-electron chi connectivity index (χ4n) is 4.80. The first-order valence-electron chi connectivity index (χ1n) is 10.4. The van der Waals surface area contributed by atoms with Crippen molar-refractivity contribution < 1.29 is 0 Å². The molecule has 2 heterocycles. The van der Waals surface area contributed by atoms with Gasteiger partial charge in [0.1, 0.15) is 0 Å². The molecular weight excluding hydrogens is 312 g/mol. The predicted molar refractivity (Wildman–Crippen MR) is 100 cm³/mol. The summed E-state index contributed by atoms with van der Waals surface area (Å²) in [5.74, 6) is 0. The summed E-state index contributed by atoms with van der Waals surface area (Å²) in [6.07, 6.45) is 11.5. The van der Waals surface area contributed by atoms with Gasteiger partial charge < -0.3 is 0 Å². The van der Waals surface area contributed by atoms with Gasteiger partial charge in [0.15, 0.2) is 0 Å². The summed E-state index contributed by atoms with van der Waals surface area (Å²) in [5.41, 5.74) is 2.43. The summed E-state index contributed by atoms with van der Waals surface area (Å²) in [5, 5.41) is 4.65. The molecule has 0 spiro atoms. The van der Waals surface area contributed by atoms with Crippen molar-refractivity contribution in [1.29, 1.82) is 0 Å². The first-order valence-corrected chi connectivity index (χ1v) is 10.4. The van der Waals surface area contributed by atoms with Gasteiger partial charge in [0.25, 0.3) is 5.56 Å². The van der Waals surface area contributed by atoms with E-state index in [9.17, 15) is 4.79 Å². The number of fused-ring (bicyclic) bond motifs is 1. The zero-order chi connectivity index (χ0) is 17.1. The Morgan fingerprint density at radius 3 is 2.48 bits per heavy atom. The van der Waals surface area contributed by atoms with E-state index < -0.39 is 0 Å². The molecule has 5 heteroatoms. The normalized spacial score (nSPS) is 23.5. The molecule has 138 valence electrons. The van der Waals surface area contributed by atoms with Gasteiger partial charge in [-0.2, -0.15) is 5.10 Å². The van der Waals surface area contributed by atoms with Crippen LogP contribution in [0.4, 0.5) is 0 Å². The molecule has 0 N–H and O–H groups in total. The first-order chi connectivity index (χ1) is 12.3. The van der Waals surface area contributed by atoms with Gasteiger partial charge in [-0.3, -0.25) is 14.6 Å². The molecule has 1 saturated carbocycles. The topological polar surface area (TPSA) is 41.4 Å². The van der Waals surface area contributed by atoms with Crippen LogP contribution >= 0.6 is 0 Å². The van der Waals surface area contributed by atoms with Crippen LogP contribution in [-0.2, 0) is 19.4 Å². The van der Waals surface area contributed by atoms with Crippen molar-refractivity contribution in [2.24, 2.45) is 0 Å². The van der Waals surface area contributed by atoms with Gasteiger partial charge in [-0.1, -0.05) is 19.3 Å². The van der Waals surface area contributed by atoms with E-state index in [0.29, 0.717) is 0 Å². The highest BCUT2D eigenvalue weighted by molar-refractivity contribution is 5.20. The molecule has 1 aliphatic heterocycles. The molecule has 1 aromatic heterocycles. The fraction of sp³-hybridized carbons (Fsp3) is 0.800. The number of nitrogens with zero attached hydrogens (tertiary/aromatic N) is 4. The Kier molecular flexibility index (Phi) is 5.51. The molecule has 25 heavy (non-hydrogen) atoms. The van der Waals surface area contributed by atoms with Crippen LogP contribution in [0.2, 0.25) is 0 Å². The van der Waals surface area contributed by atoms with Gasteiger partial charge in [-0.05, 0) is 44.1 Å². The summed E-state index contributed by atoms with van der Waals surface area (Å²) < 4.78 is 1.71. The zero-order valence-corrected chi connectivity index (χ0v) is 15.5. The summed E-state index contributed by atoms with van der Waals surface area (Å²) in [6.45, 7) is 6.33. The Hall–Kier alpha value is -1.20. The molecule has 2 aliphatic carbocycles. The minimum atomic E-state index is 0.0847. The molecule has 5 nitrogen and oxygen atoms in total. The second-order valence-electron chi connectivity index (χ2n) is 8.05. The third-order valence-corrected chi connectivity index (χ3v) is 6.40. The van der Waals surface area contributed by atoms with Crippen molar-refractivity contribution in [3.8, 4) is 0 Å². The minimum absolute atomic E-state index is 0.0847. The van der Waals surface area contributed by atoms with Crippen LogP contribution in [0.15, 0.2) is 10.9 Å². The standard InChI is InChI=1S/C20H32N4O/c25-20-16-17-6-4-5-9-19(17)21-24(20)15-12-22-10-13-23(14-11-22)18-7-2-1-3-8-18/h16,18H,1-15H2. The predicted octanol–water partition coefficient (Wildman–Crippen LogP) is 2.07. The van der Waals surface area contributed by atoms with Crippen molar-refractivity contribution in [3.05, 3.63) is 27.7 Å². The number of hydrogen-bond donors (Lipinski definition) is 0. The highest BCUT2D eigenvalue weighted by Crippen LogP contribution is 2.23. The van der Waals surface area contributed by atoms with Crippen molar-refractivity contribution in [2.45, 2.75) is 70.4 Å². The molecule has 0 radical (unpaired) electrons. The number of piperazine rings is 1. The van der Waals surface area contributed by atoms with E-state index in [4.69, 9.17) is 0 Å². The summed E-state index contributed by atoms with van der Waals surface area (Å²) in [4.78, 5) is 17.5. The minimum Gasteiger partial charge on any atom is -0.299 e. The SMILES string of the molecule is O=c1cc2c(nn1CCN1CCN(C3CCCCC3)CC1)CCCC2. The Bertz CT molecular complexity index is 627. The highest BCUT2D eigenvalue weighted by Gasteiger charge is 2.25. The van der Waals surface area contributed by atoms with Gasteiger partial charge in [0.05, 0.1) is 12.2 Å². The van der Waals surface area contributed by atoms with Crippen LogP contribution in [0.1, 0.15) is 56.2 Å². The monoisotopic (exact) mass is 344 g/mol. The van der Waals surface area contributed by atoms with Gasteiger partial charge in [-0.15, -0.1) is 0 Å². The lowest BCUT2D eigenvalue weighted by Crippen LogP contribution is -2.51. The van der Waals surface area contributed by atoms with Crippen molar-refractivity contribution in [1.82, 2.24) is 19.6 Å². The Morgan fingerprint density at radius 2 is 1.68 bits per heavy atom. The number of rotatable bonds is 4. The lowest BCUT2D eigenvalue weighted by atomic mass is 9.94. The molecule has 1 aromatic rings. The Balaban J connectivity index is 1.29. The summed E-state index contributed by atoms with van der Waals surface area (Å²) in [7, 11) is 0. The number of hydrogen-bond acceptors (Lipinski definition) is 4. The van der Waals surface area contributed by atoms with Gasteiger partial charge in [0, 0.05) is 44.8 Å². The van der Waals surface area contributed by atoms with Gasteiger partial charge in [-0.25, -0.2) is 4.68 Å². The van der Waals surface area contributed by atoms with Crippen molar-refractivity contribution >= 4 is 0 Å². The molecule has 0 aromatic carbocycles. The van der Waals surface area contributed by atoms with Crippen molar-refractivity contribution in [3.63, 3.8) is 0 Å². The third-order valence-electron chi connectivity index (χ3n) is 6.40. The van der Waals surface area contributed by atoms with E-state index in [1.165, 1.54) is 63.6 Å². The van der Waals surface area contributed by atoms with Crippen LogP contribution in [0, 0.1) is 0 Å². The van der Waals surface area contributed by atoms with E-state index >= 15 is 0 Å². The number of aromatic nitrogens is 2. The van der Waals surface area contributed by atoms with E-state index in [1.807, 2.05) is 6.07 Å². The third kappa shape index (κ3) is 4.14. The number of aryl methyl sites for hydroxylation is 2. The lowest BCUT2D eigenvalue weighted by Gasteiger charge is -2.40. The largest absolute Gasteiger partial charge is 0.299 e. The van der Waals surface area contributed by atoms with Crippen LogP contribution in [0.3, 0.4) is 0 Å². The molecule has 3 aliphatic rings.